The molecule has 94 valence electrons. The Morgan fingerprint density at radius 2 is 2.18 bits per heavy atom. The SMILES string of the molecule is COc1ccc(Br)cc1NC(=O)C(C)(C)CN. The van der Waals surface area contributed by atoms with Gasteiger partial charge in [-0.05, 0) is 32.0 Å². The van der Waals surface area contributed by atoms with E-state index in [2.05, 4.69) is 21.2 Å². The van der Waals surface area contributed by atoms with Gasteiger partial charge in [0.2, 0.25) is 5.91 Å². The third kappa shape index (κ3) is 3.44. The number of amides is 1. The van der Waals surface area contributed by atoms with E-state index >= 15 is 0 Å². The lowest BCUT2D eigenvalue weighted by Crippen LogP contribution is -2.37. The number of benzene rings is 1. The van der Waals surface area contributed by atoms with E-state index in [-0.39, 0.29) is 12.5 Å². The van der Waals surface area contributed by atoms with Crippen LogP contribution in [0.2, 0.25) is 0 Å². The van der Waals surface area contributed by atoms with Gasteiger partial charge in [-0.1, -0.05) is 15.9 Å². The predicted octanol–water partition coefficient (Wildman–Crippen LogP) is 2.38. The molecule has 0 radical (unpaired) electrons. The smallest absolute Gasteiger partial charge is 0.231 e. The average Bonchev–Trinajstić information content (AvgIpc) is 2.29. The first kappa shape index (κ1) is 14.0. The van der Waals surface area contributed by atoms with Crippen LogP contribution < -0.4 is 15.8 Å². The van der Waals surface area contributed by atoms with Gasteiger partial charge in [-0.25, -0.2) is 0 Å². The Kier molecular flexibility index (Phi) is 4.54. The molecule has 0 fully saturated rings. The van der Waals surface area contributed by atoms with Crippen molar-refractivity contribution < 1.29 is 9.53 Å². The highest BCUT2D eigenvalue weighted by molar-refractivity contribution is 9.10. The molecule has 0 spiro atoms. The van der Waals surface area contributed by atoms with Gasteiger partial charge in [0, 0.05) is 11.0 Å². The van der Waals surface area contributed by atoms with Crippen molar-refractivity contribution in [3.8, 4) is 5.75 Å². The van der Waals surface area contributed by atoms with Gasteiger partial charge in [0.1, 0.15) is 5.75 Å². The molecule has 0 aliphatic rings. The molecule has 0 aromatic heterocycles. The molecule has 5 heteroatoms. The predicted molar refractivity (Wildman–Crippen MR) is 72.2 cm³/mol. The first-order chi connectivity index (χ1) is 7.90. The lowest BCUT2D eigenvalue weighted by molar-refractivity contribution is -0.123. The Bertz CT molecular complexity index is 419. The van der Waals surface area contributed by atoms with Gasteiger partial charge < -0.3 is 15.8 Å². The van der Waals surface area contributed by atoms with Crippen LogP contribution in [0.1, 0.15) is 13.8 Å². The summed E-state index contributed by atoms with van der Waals surface area (Å²) >= 11 is 3.35. The number of carbonyl (C=O) groups is 1. The number of hydrogen-bond acceptors (Lipinski definition) is 3. The average molecular weight is 301 g/mol. The van der Waals surface area contributed by atoms with Crippen molar-refractivity contribution in [2.24, 2.45) is 11.1 Å². The summed E-state index contributed by atoms with van der Waals surface area (Å²) in [6.07, 6.45) is 0. The van der Waals surface area contributed by atoms with Crippen LogP contribution in [0.5, 0.6) is 5.75 Å². The molecule has 17 heavy (non-hydrogen) atoms. The van der Waals surface area contributed by atoms with Crippen LogP contribution in [0.4, 0.5) is 5.69 Å². The minimum absolute atomic E-state index is 0.128. The fourth-order valence-corrected chi connectivity index (χ4v) is 1.52. The first-order valence-corrected chi connectivity index (χ1v) is 6.05. The van der Waals surface area contributed by atoms with Gasteiger partial charge in [0.25, 0.3) is 0 Å². The molecule has 1 aromatic rings. The van der Waals surface area contributed by atoms with E-state index < -0.39 is 5.41 Å². The van der Waals surface area contributed by atoms with Crippen molar-refractivity contribution in [2.45, 2.75) is 13.8 Å². The summed E-state index contributed by atoms with van der Waals surface area (Å²) in [5.74, 6) is 0.491. The zero-order chi connectivity index (χ0) is 13.1. The largest absolute Gasteiger partial charge is 0.495 e. The van der Waals surface area contributed by atoms with Crippen LogP contribution in [-0.2, 0) is 4.79 Å². The number of nitrogens with one attached hydrogen (secondary N) is 1. The van der Waals surface area contributed by atoms with Gasteiger partial charge in [-0.2, -0.15) is 0 Å². The Labute approximate surface area is 110 Å². The number of methoxy groups -OCH3 is 1. The summed E-state index contributed by atoms with van der Waals surface area (Å²) in [7, 11) is 1.56. The van der Waals surface area contributed by atoms with Crippen LogP contribution in [0.25, 0.3) is 0 Å². The van der Waals surface area contributed by atoms with E-state index in [0.717, 1.165) is 4.47 Å². The lowest BCUT2D eigenvalue weighted by atomic mass is 9.92. The summed E-state index contributed by atoms with van der Waals surface area (Å²) in [6.45, 7) is 3.88. The number of halogens is 1. The number of rotatable bonds is 4. The van der Waals surface area contributed by atoms with Gasteiger partial charge in [-0.15, -0.1) is 0 Å². The molecular weight excluding hydrogens is 284 g/mol. The summed E-state index contributed by atoms with van der Waals surface area (Å²) in [5.41, 5.74) is 5.59. The number of carbonyl (C=O) groups excluding carboxylic acids is 1. The van der Waals surface area contributed by atoms with Crippen LogP contribution in [0.15, 0.2) is 22.7 Å². The summed E-state index contributed by atoms with van der Waals surface area (Å²) in [6, 6.07) is 5.43. The molecule has 1 amide bonds. The zero-order valence-corrected chi connectivity index (χ0v) is 11.8. The normalized spacial score (nSPS) is 11.1. The maximum absolute atomic E-state index is 12.0. The fourth-order valence-electron chi connectivity index (χ4n) is 1.16. The molecule has 0 aliphatic carbocycles. The monoisotopic (exact) mass is 300 g/mol. The molecule has 0 saturated heterocycles. The fraction of sp³-hybridized carbons (Fsp3) is 0.417. The number of nitrogens with two attached hydrogens (primary N) is 1. The highest BCUT2D eigenvalue weighted by atomic mass is 79.9. The van der Waals surface area contributed by atoms with Crippen molar-refractivity contribution in [3.05, 3.63) is 22.7 Å². The molecule has 4 nitrogen and oxygen atoms in total. The highest BCUT2D eigenvalue weighted by Crippen LogP contribution is 2.29. The van der Waals surface area contributed by atoms with Crippen LogP contribution >= 0.6 is 15.9 Å². The summed E-state index contributed by atoms with van der Waals surface area (Å²) < 4.78 is 6.05. The Morgan fingerprint density at radius 3 is 2.71 bits per heavy atom. The van der Waals surface area contributed by atoms with Gasteiger partial charge >= 0.3 is 0 Å². The third-order valence-corrected chi connectivity index (χ3v) is 3.03. The van der Waals surface area contributed by atoms with Crippen LogP contribution in [-0.4, -0.2) is 19.6 Å². The first-order valence-electron chi connectivity index (χ1n) is 5.26. The van der Waals surface area contributed by atoms with Gasteiger partial charge in [0.15, 0.2) is 0 Å². The molecule has 0 aliphatic heterocycles. The third-order valence-electron chi connectivity index (χ3n) is 2.53. The molecule has 0 atom stereocenters. The van der Waals surface area contributed by atoms with E-state index in [4.69, 9.17) is 10.5 Å². The van der Waals surface area contributed by atoms with E-state index in [9.17, 15) is 4.79 Å². The molecule has 0 heterocycles. The minimum atomic E-state index is -0.604. The Hall–Kier alpha value is -1.07. The van der Waals surface area contributed by atoms with Gasteiger partial charge in [-0.3, -0.25) is 4.79 Å². The number of ether oxygens (including phenoxy) is 1. The van der Waals surface area contributed by atoms with Crippen LogP contribution in [0, 0.1) is 5.41 Å². The van der Waals surface area contributed by atoms with Gasteiger partial charge in [0.05, 0.1) is 18.2 Å². The molecule has 0 bridgehead atoms. The topological polar surface area (TPSA) is 64.3 Å². The molecule has 0 saturated carbocycles. The van der Waals surface area contributed by atoms with E-state index in [0.29, 0.717) is 11.4 Å². The number of hydrogen-bond donors (Lipinski definition) is 2. The summed E-state index contributed by atoms with van der Waals surface area (Å²) in [5, 5.41) is 2.82. The quantitative estimate of drug-likeness (QED) is 0.897. The molecule has 0 unspecified atom stereocenters. The maximum Gasteiger partial charge on any atom is 0.231 e. The van der Waals surface area contributed by atoms with Crippen molar-refractivity contribution in [3.63, 3.8) is 0 Å². The standard InChI is InChI=1S/C12H17BrN2O2/c1-12(2,7-14)11(16)15-9-6-8(13)4-5-10(9)17-3/h4-6H,7,14H2,1-3H3,(H,15,16). The van der Waals surface area contributed by atoms with Crippen molar-refractivity contribution >= 4 is 27.5 Å². The van der Waals surface area contributed by atoms with Crippen molar-refractivity contribution in [1.82, 2.24) is 0 Å². The van der Waals surface area contributed by atoms with E-state index in [1.807, 2.05) is 6.07 Å². The highest BCUT2D eigenvalue weighted by Gasteiger charge is 2.26. The molecular formula is C12H17BrN2O2. The van der Waals surface area contributed by atoms with Crippen LogP contribution in [0.3, 0.4) is 0 Å². The Morgan fingerprint density at radius 1 is 1.53 bits per heavy atom. The molecule has 1 rings (SSSR count). The minimum Gasteiger partial charge on any atom is -0.495 e. The molecule has 3 N–H and O–H groups in total. The molecule has 1 aromatic carbocycles. The van der Waals surface area contributed by atoms with E-state index in [1.165, 1.54) is 0 Å². The van der Waals surface area contributed by atoms with E-state index in [1.54, 1.807) is 33.1 Å². The second kappa shape index (κ2) is 5.51. The maximum atomic E-state index is 12.0. The lowest BCUT2D eigenvalue weighted by Gasteiger charge is -2.22. The summed E-state index contributed by atoms with van der Waals surface area (Å²) in [4.78, 5) is 12.0. The zero-order valence-electron chi connectivity index (χ0n) is 10.2. The second-order valence-corrected chi connectivity index (χ2v) is 5.30. The number of anilines is 1. The van der Waals surface area contributed by atoms with Crippen molar-refractivity contribution in [2.75, 3.05) is 19.0 Å². The Balaban J connectivity index is 2.95. The second-order valence-electron chi connectivity index (χ2n) is 4.39. The van der Waals surface area contributed by atoms with Crippen molar-refractivity contribution in [1.29, 1.82) is 0 Å².